The lowest BCUT2D eigenvalue weighted by molar-refractivity contribution is 0.464. The van der Waals surface area contributed by atoms with Gasteiger partial charge >= 0.3 is 0 Å². The van der Waals surface area contributed by atoms with E-state index in [1.807, 2.05) is 44.2 Å². The van der Waals surface area contributed by atoms with Gasteiger partial charge in [0.2, 0.25) is 0 Å². The van der Waals surface area contributed by atoms with Gasteiger partial charge in [0.25, 0.3) is 0 Å². The summed E-state index contributed by atoms with van der Waals surface area (Å²) in [6, 6.07) is 9.50. The van der Waals surface area contributed by atoms with Gasteiger partial charge in [-0.1, -0.05) is 17.7 Å². The molecule has 2 rings (SSSR count). The molecule has 19 heavy (non-hydrogen) atoms. The van der Waals surface area contributed by atoms with Gasteiger partial charge in [0.15, 0.2) is 5.11 Å². The highest BCUT2D eigenvalue weighted by atomic mass is 35.5. The zero-order valence-corrected chi connectivity index (χ0v) is 12.3. The summed E-state index contributed by atoms with van der Waals surface area (Å²) in [6.45, 7) is 3.94. The van der Waals surface area contributed by atoms with Crippen molar-refractivity contribution < 1.29 is 4.42 Å². The molecular weight excluding hydrogens is 280 g/mol. The van der Waals surface area contributed by atoms with Crippen molar-refractivity contribution in [2.45, 2.75) is 19.9 Å². The summed E-state index contributed by atoms with van der Waals surface area (Å²) < 4.78 is 5.31. The third kappa shape index (κ3) is 3.72. The van der Waals surface area contributed by atoms with Crippen LogP contribution in [0.4, 0.5) is 5.69 Å². The minimum atomic E-state index is 0.0101. The molecule has 0 saturated carbocycles. The average Bonchev–Trinajstić information content (AvgIpc) is 2.87. The number of thiocarbonyl (C=S) groups is 1. The van der Waals surface area contributed by atoms with Gasteiger partial charge in [-0.25, -0.2) is 0 Å². The summed E-state index contributed by atoms with van der Waals surface area (Å²) in [5, 5.41) is 7.49. The van der Waals surface area contributed by atoms with Crippen LogP contribution < -0.4 is 10.6 Å². The molecule has 0 saturated heterocycles. The van der Waals surface area contributed by atoms with Crippen molar-refractivity contribution in [2.75, 3.05) is 5.32 Å². The largest absolute Gasteiger partial charge is 0.467 e. The minimum Gasteiger partial charge on any atom is -0.467 e. The van der Waals surface area contributed by atoms with Crippen LogP contribution in [-0.2, 0) is 0 Å². The van der Waals surface area contributed by atoms with Gasteiger partial charge in [0.1, 0.15) is 5.76 Å². The minimum absolute atomic E-state index is 0.0101. The smallest absolute Gasteiger partial charge is 0.171 e. The van der Waals surface area contributed by atoms with E-state index >= 15 is 0 Å². The van der Waals surface area contributed by atoms with E-state index in [9.17, 15) is 0 Å². The van der Waals surface area contributed by atoms with Crippen LogP contribution in [0.25, 0.3) is 0 Å². The molecule has 0 aliphatic carbocycles. The lowest BCUT2D eigenvalue weighted by atomic mass is 10.2. The molecule has 0 spiro atoms. The van der Waals surface area contributed by atoms with Gasteiger partial charge in [0, 0.05) is 10.7 Å². The zero-order valence-electron chi connectivity index (χ0n) is 10.7. The summed E-state index contributed by atoms with van der Waals surface area (Å²) in [6.07, 6.45) is 1.64. The molecule has 2 aromatic rings. The molecule has 1 heterocycles. The molecule has 100 valence electrons. The van der Waals surface area contributed by atoms with E-state index in [-0.39, 0.29) is 6.04 Å². The van der Waals surface area contributed by atoms with Crippen molar-refractivity contribution >= 4 is 34.6 Å². The van der Waals surface area contributed by atoms with Crippen LogP contribution in [0.15, 0.2) is 41.0 Å². The molecule has 1 aromatic carbocycles. The van der Waals surface area contributed by atoms with Gasteiger partial charge in [-0.05, 0) is 55.9 Å². The van der Waals surface area contributed by atoms with E-state index in [0.29, 0.717) is 10.1 Å². The third-order valence-electron chi connectivity index (χ3n) is 2.75. The summed E-state index contributed by atoms with van der Waals surface area (Å²) in [5.74, 6) is 0.839. The number of nitrogens with one attached hydrogen (secondary N) is 2. The van der Waals surface area contributed by atoms with E-state index in [1.165, 1.54) is 0 Å². The number of anilines is 1. The molecule has 2 N–H and O–H groups in total. The maximum atomic E-state index is 6.07. The molecule has 0 aliphatic rings. The van der Waals surface area contributed by atoms with Gasteiger partial charge in [0.05, 0.1) is 12.3 Å². The van der Waals surface area contributed by atoms with Crippen molar-refractivity contribution in [3.05, 3.63) is 52.9 Å². The second-order valence-corrected chi connectivity index (χ2v) is 5.11. The Labute approximate surface area is 123 Å². The van der Waals surface area contributed by atoms with Crippen LogP contribution in [0.5, 0.6) is 0 Å². The highest BCUT2D eigenvalue weighted by Gasteiger charge is 2.09. The van der Waals surface area contributed by atoms with Crippen molar-refractivity contribution in [3.8, 4) is 0 Å². The fourth-order valence-corrected chi connectivity index (χ4v) is 2.12. The summed E-state index contributed by atoms with van der Waals surface area (Å²) in [5.41, 5.74) is 1.90. The number of hydrogen-bond donors (Lipinski definition) is 2. The maximum absolute atomic E-state index is 6.07. The monoisotopic (exact) mass is 294 g/mol. The molecule has 0 amide bonds. The predicted octanol–water partition coefficient (Wildman–Crippen LogP) is 4.29. The second kappa shape index (κ2) is 6.08. The van der Waals surface area contributed by atoms with Crippen LogP contribution >= 0.6 is 23.8 Å². The van der Waals surface area contributed by atoms with Crippen molar-refractivity contribution in [1.29, 1.82) is 0 Å². The van der Waals surface area contributed by atoms with Crippen LogP contribution in [0.1, 0.15) is 24.3 Å². The van der Waals surface area contributed by atoms with Crippen molar-refractivity contribution in [2.24, 2.45) is 0 Å². The third-order valence-corrected chi connectivity index (χ3v) is 3.37. The Morgan fingerprint density at radius 3 is 2.79 bits per heavy atom. The second-order valence-electron chi connectivity index (χ2n) is 4.30. The SMILES string of the molecule is Cc1ccc(NC(=S)N[C@H](C)c2ccco2)cc1Cl. The predicted molar refractivity (Wildman–Crippen MR) is 82.7 cm³/mol. The molecule has 0 aliphatic heterocycles. The molecule has 1 aromatic heterocycles. The first-order chi connectivity index (χ1) is 9.06. The molecule has 0 bridgehead atoms. The van der Waals surface area contributed by atoms with Gasteiger partial charge in [-0.3, -0.25) is 0 Å². The van der Waals surface area contributed by atoms with Crippen molar-refractivity contribution in [1.82, 2.24) is 5.32 Å². The molecule has 5 heteroatoms. The normalized spacial score (nSPS) is 11.9. The first-order valence-electron chi connectivity index (χ1n) is 5.93. The number of benzene rings is 1. The highest BCUT2D eigenvalue weighted by molar-refractivity contribution is 7.80. The van der Waals surface area contributed by atoms with Crippen LogP contribution in [0.2, 0.25) is 5.02 Å². The van der Waals surface area contributed by atoms with Crippen LogP contribution in [0.3, 0.4) is 0 Å². The van der Waals surface area contributed by atoms with E-state index in [2.05, 4.69) is 10.6 Å². The number of rotatable bonds is 3. The number of furan rings is 1. The first kappa shape index (κ1) is 13.9. The van der Waals surface area contributed by atoms with E-state index in [1.54, 1.807) is 6.26 Å². The van der Waals surface area contributed by atoms with E-state index in [0.717, 1.165) is 17.0 Å². The number of halogens is 1. The quantitative estimate of drug-likeness (QED) is 0.828. The maximum Gasteiger partial charge on any atom is 0.171 e. The summed E-state index contributed by atoms with van der Waals surface area (Å²) in [4.78, 5) is 0. The first-order valence-corrected chi connectivity index (χ1v) is 6.72. The zero-order chi connectivity index (χ0) is 13.8. The lowest BCUT2D eigenvalue weighted by Gasteiger charge is -2.15. The lowest BCUT2D eigenvalue weighted by Crippen LogP contribution is -2.30. The van der Waals surface area contributed by atoms with Crippen molar-refractivity contribution in [3.63, 3.8) is 0 Å². The fraction of sp³-hybridized carbons (Fsp3) is 0.214. The van der Waals surface area contributed by atoms with E-state index < -0.39 is 0 Å². The van der Waals surface area contributed by atoms with Gasteiger partial charge in [-0.2, -0.15) is 0 Å². The van der Waals surface area contributed by atoms with Gasteiger partial charge in [-0.15, -0.1) is 0 Å². The Morgan fingerprint density at radius 2 is 2.16 bits per heavy atom. The fourth-order valence-electron chi connectivity index (χ4n) is 1.64. The molecule has 1 atom stereocenters. The molecule has 0 radical (unpaired) electrons. The van der Waals surface area contributed by atoms with Crippen LogP contribution in [0, 0.1) is 6.92 Å². The molecule has 3 nitrogen and oxygen atoms in total. The Balaban J connectivity index is 1.95. The average molecular weight is 295 g/mol. The van der Waals surface area contributed by atoms with Gasteiger partial charge < -0.3 is 15.1 Å². The molecular formula is C14H15ClN2OS. The Kier molecular flexibility index (Phi) is 4.45. The standard InChI is InChI=1S/C14H15ClN2OS/c1-9-5-6-11(8-12(9)15)17-14(19)16-10(2)13-4-3-7-18-13/h3-8,10H,1-2H3,(H2,16,17,19)/t10-/m1/s1. The molecule has 0 unspecified atom stereocenters. The highest BCUT2D eigenvalue weighted by Crippen LogP contribution is 2.20. The number of aryl methyl sites for hydroxylation is 1. The Morgan fingerprint density at radius 1 is 1.37 bits per heavy atom. The topological polar surface area (TPSA) is 37.2 Å². The molecule has 0 fully saturated rings. The summed E-state index contributed by atoms with van der Waals surface area (Å²) >= 11 is 11.3. The summed E-state index contributed by atoms with van der Waals surface area (Å²) in [7, 11) is 0. The Hall–Kier alpha value is -1.52. The van der Waals surface area contributed by atoms with Crippen LogP contribution in [-0.4, -0.2) is 5.11 Å². The Bertz CT molecular complexity index is 569. The van der Waals surface area contributed by atoms with E-state index in [4.69, 9.17) is 28.2 Å². The number of hydrogen-bond acceptors (Lipinski definition) is 2.